The molecule has 5 nitrogen and oxygen atoms in total. The van der Waals surface area contributed by atoms with Crippen molar-refractivity contribution in [2.75, 3.05) is 26.7 Å². The third-order valence-electron chi connectivity index (χ3n) is 4.07. The molecule has 1 atom stereocenters. The first-order valence-corrected chi connectivity index (χ1v) is 8.48. The maximum atomic E-state index is 12.4. The van der Waals surface area contributed by atoms with Crippen molar-refractivity contribution in [3.05, 3.63) is 29.0 Å². The molecule has 134 valence electrons. The third-order valence-corrected chi connectivity index (χ3v) is 4.93. The standard InChI is InChI=1S/C16H21N3O2S.2ClH/c1-11-13(18-16(21-11)14-4-3-7-22-14)8-15(20)19-6-5-12(10-19)9-17-2;;/h3-4,7,12,17H,5-6,8-10H2,1-2H3;2*1H. The van der Waals surface area contributed by atoms with Crippen LogP contribution in [0.4, 0.5) is 0 Å². The summed E-state index contributed by atoms with van der Waals surface area (Å²) >= 11 is 1.59. The summed E-state index contributed by atoms with van der Waals surface area (Å²) in [7, 11) is 1.95. The molecule has 1 amide bonds. The molecule has 0 saturated carbocycles. The molecule has 0 bridgehead atoms. The fraction of sp³-hybridized carbons (Fsp3) is 0.500. The van der Waals surface area contributed by atoms with Crippen LogP contribution < -0.4 is 5.32 Å². The van der Waals surface area contributed by atoms with E-state index in [9.17, 15) is 4.79 Å². The molecule has 1 aliphatic rings. The van der Waals surface area contributed by atoms with Gasteiger partial charge in [0.25, 0.3) is 0 Å². The lowest BCUT2D eigenvalue weighted by Crippen LogP contribution is -2.31. The molecular formula is C16H23Cl2N3O2S. The summed E-state index contributed by atoms with van der Waals surface area (Å²) in [5.74, 6) is 2.06. The second kappa shape index (κ2) is 9.42. The summed E-state index contributed by atoms with van der Waals surface area (Å²) in [5, 5.41) is 5.17. The molecule has 2 aromatic rings. The van der Waals surface area contributed by atoms with E-state index in [0.717, 1.165) is 42.4 Å². The fourth-order valence-electron chi connectivity index (χ4n) is 2.87. The van der Waals surface area contributed by atoms with E-state index in [4.69, 9.17) is 4.42 Å². The van der Waals surface area contributed by atoms with E-state index in [1.807, 2.05) is 36.4 Å². The summed E-state index contributed by atoms with van der Waals surface area (Å²) in [5.41, 5.74) is 0.755. The Balaban J connectivity index is 0.00000144. The molecule has 1 aliphatic heterocycles. The van der Waals surface area contributed by atoms with E-state index in [2.05, 4.69) is 10.3 Å². The van der Waals surface area contributed by atoms with Gasteiger partial charge in [0.15, 0.2) is 0 Å². The van der Waals surface area contributed by atoms with Crippen molar-refractivity contribution in [2.45, 2.75) is 19.8 Å². The molecule has 0 aromatic carbocycles. The Labute approximate surface area is 158 Å². The van der Waals surface area contributed by atoms with Crippen LogP contribution in [0.25, 0.3) is 10.8 Å². The Kier molecular flexibility index (Phi) is 8.22. The number of carbonyl (C=O) groups is 1. The number of hydrogen-bond donors (Lipinski definition) is 1. The molecule has 0 radical (unpaired) electrons. The SMILES string of the molecule is CNCC1CCN(C(=O)Cc2nc(-c3cccs3)oc2C)C1.Cl.Cl. The van der Waals surface area contributed by atoms with Crippen LogP contribution in [0.15, 0.2) is 21.9 Å². The van der Waals surface area contributed by atoms with Crippen LogP contribution in [0.1, 0.15) is 17.9 Å². The van der Waals surface area contributed by atoms with Crippen LogP contribution in [-0.4, -0.2) is 42.5 Å². The van der Waals surface area contributed by atoms with E-state index in [1.165, 1.54) is 0 Å². The third kappa shape index (κ3) is 4.72. The molecule has 0 spiro atoms. The smallest absolute Gasteiger partial charge is 0.236 e. The molecule has 1 N–H and O–H groups in total. The number of nitrogens with zero attached hydrogens (tertiary/aromatic N) is 2. The Hall–Kier alpha value is -1.08. The number of aromatic nitrogens is 1. The first kappa shape index (κ1) is 21.0. The van der Waals surface area contributed by atoms with Crippen molar-refractivity contribution >= 4 is 42.1 Å². The second-order valence-corrected chi connectivity index (χ2v) is 6.68. The van der Waals surface area contributed by atoms with Gasteiger partial charge in [-0.2, -0.15) is 0 Å². The Morgan fingerprint density at radius 2 is 2.29 bits per heavy atom. The highest BCUT2D eigenvalue weighted by atomic mass is 35.5. The highest BCUT2D eigenvalue weighted by molar-refractivity contribution is 7.13. The minimum absolute atomic E-state index is 0. The minimum Gasteiger partial charge on any atom is -0.440 e. The summed E-state index contributed by atoms with van der Waals surface area (Å²) in [6.45, 7) is 4.53. The zero-order chi connectivity index (χ0) is 15.5. The summed E-state index contributed by atoms with van der Waals surface area (Å²) in [6.07, 6.45) is 1.40. The van der Waals surface area contributed by atoms with Gasteiger partial charge in [-0.25, -0.2) is 4.98 Å². The van der Waals surface area contributed by atoms with Gasteiger partial charge in [0.1, 0.15) is 5.76 Å². The van der Waals surface area contributed by atoms with Gasteiger partial charge >= 0.3 is 0 Å². The lowest BCUT2D eigenvalue weighted by atomic mass is 10.1. The monoisotopic (exact) mass is 391 g/mol. The highest BCUT2D eigenvalue weighted by Crippen LogP contribution is 2.26. The van der Waals surface area contributed by atoms with Gasteiger partial charge in [0, 0.05) is 13.1 Å². The van der Waals surface area contributed by atoms with Crippen LogP contribution in [0.2, 0.25) is 0 Å². The number of amides is 1. The Morgan fingerprint density at radius 3 is 2.96 bits per heavy atom. The van der Waals surface area contributed by atoms with Crippen LogP contribution in [0.3, 0.4) is 0 Å². The maximum absolute atomic E-state index is 12.4. The van der Waals surface area contributed by atoms with Crippen LogP contribution >= 0.6 is 36.2 Å². The highest BCUT2D eigenvalue weighted by Gasteiger charge is 2.27. The van der Waals surface area contributed by atoms with Crippen molar-refractivity contribution < 1.29 is 9.21 Å². The average molecular weight is 392 g/mol. The topological polar surface area (TPSA) is 58.4 Å². The number of oxazole rings is 1. The van der Waals surface area contributed by atoms with E-state index in [-0.39, 0.29) is 30.7 Å². The zero-order valence-corrected chi connectivity index (χ0v) is 16.2. The predicted octanol–water partition coefficient (Wildman–Crippen LogP) is 3.17. The van der Waals surface area contributed by atoms with E-state index >= 15 is 0 Å². The van der Waals surface area contributed by atoms with Gasteiger partial charge in [-0.15, -0.1) is 36.2 Å². The first-order chi connectivity index (χ1) is 10.7. The summed E-state index contributed by atoms with van der Waals surface area (Å²) in [4.78, 5) is 19.9. The number of thiophene rings is 1. The van der Waals surface area contributed by atoms with Gasteiger partial charge in [-0.1, -0.05) is 6.07 Å². The molecule has 1 fully saturated rings. The van der Waals surface area contributed by atoms with Gasteiger partial charge in [-0.3, -0.25) is 4.79 Å². The quantitative estimate of drug-likeness (QED) is 0.849. The van der Waals surface area contributed by atoms with Crippen molar-refractivity contribution in [1.82, 2.24) is 15.2 Å². The number of likely N-dealkylation sites (tertiary alicyclic amines) is 1. The van der Waals surface area contributed by atoms with Crippen molar-refractivity contribution in [3.63, 3.8) is 0 Å². The predicted molar refractivity (Wildman–Crippen MR) is 101 cm³/mol. The van der Waals surface area contributed by atoms with Crippen molar-refractivity contribution in [1.29, 1.82) is 0 Å². The largest absolute Gasteiger partial charge is 0.440 e. The van der Waals surface area contributed by atoms with Crippen LogP contribution in [0, 0.1) is 12.8 Å². The number of halogens is 2. The van der Waals surface area contributed by atoms with Gasteiger partial charge in [-0.05, 0) is 44.3 Å². The van der Waals surface area contributed by atoms with E-state index in [0.29, 0.717) is 18.2 Å². The Morgan fingerprint density at radius 1 is 1.50 bits per heavy atom. The lowest BCUT2D eigenvalue weighted by Gasteiger charge is -2.16. The molecule has 8 heteroatoms. The summed E-state index contributed by atoms with van der Waals surface area (Å²) in [6, 6.07) is 3.95. The molecule has 1 saturated heterocycles. The van der Waals surface area contributed by atoms with E-state index in [1.54, 1.807) is 11.3 Å². The fourth-order valence-corrected chi connectivity index (χ4v) is 3.52. The molecule has 0 aliphatic carbocycles. The van der Waals surface area contributed by atoms with Crippen LogP contribution in [0.5, 0.6) is 0 Å². The number of nitrogens with one attached hydrogen (secondary N) is 1. The van der Waals surface area contributed by atoms with Gasteiger partial charge < -0.3 is 14.6 Å². The normalized spacial score (nSPS) is 16.6. The molecule has 3 rings (SSSR count). The number of aryl methyl sites for hydroxylation is 1. The van der Waals surface area contributed by atoms with Crippen LogP contribution in [-0.2, 0) is 11.2 Å². The molecule has 24 heavy (non-hydrogen) atoms. The second-order valence-electron chi connectivity index (χ2n) is 5.73. The van der Waals surface area contributed by atoms with E-state index < -0.39 is 0 Å². The maximum Gasteiger partial charge on any atom is 0.236 e. The molecule has 1 unspecified atom stereocenters. The van der Waals surface area contributed by atoms with Crippen molar-refractivity contribution in [2.24, 2.45) is 5.92 Å². The Bertz CT molecular complexity index is 646. The van der Waals surface area contributed by atoms with Crippen molar-refractivity contribution in [3.8, 4) is 10.8 Å². The average Bonchev–Trinajstić information content (AvgIpc) is 3.21. The number of hydrogen-bond acceptors (Lipinski definition) is 5. The molecular weight excluding hydrogens is 369 g/mol. The number of carbonyl (C=O) groups excluding carboxylic acids is 1. The lowest BCUT2D eigenvalue weighted by molar-refractivity contribution is -0.129. The summed E-state index contributed by atoms with van der Waals surface area (Å²) < 4.78 is 5.70. The zero-order valence-electron chi connectivity index (χ0n) is 13.8. The van der Waals surface area contributed by atoms with Gasteiger partial charge in [0.2, 0.25) is 11.8 Å². The number of rotatable bonds is 5. The minimum atomic E-state index is 0. The molecule has 3 heterocycles. The molecule has 2 aromatic heterocycles. The first-order valence-electron chi connectivity index (χ1n) is 7.60. The van der Waals surface area contributed by atoms with Gasteiger partial charge in [0.05, 0.1) is 17.0 Å².